The molecule has 19 heavy (non-hydrogen) atoms. The average Bonchev–Trinajstić information content (AvgIpc) is 2.99. The zero-order valence-corrected chi connectivity index (χ0v) is 12.3. The Morgan fingerprint density at radius 2 is 2.21 bits per heavy atom. The molecule has 3 aromatic rings. The number of anilines is 2. The second kappa shape index (κ2) is 5.06. The highest BCUT2D eigenvalue weighted by atomic mass is 79.9. The molecule has 0 aliphatic heterocycles. The summed E-state index contributed by atoms with van der Waals surface area (Å²) in [7, 11) is 1.86. The Morgan fingerprint density at radius 1 is 1.32 bits per heavy atom. The Kier molecular flexibility index (Phi) is 3.26. The Bertz CT molecular complexity index is 707. The Hall–Kier alpha value is -1.80. The van der Waals surface area contributed by atoms with E-state index in [1.165, 1.54) is 11.3 Å². The highest BCUT2D eigenvalue weighted by Crippen LogP contribution is 2.25. The van der Waals surface area contributed by atoms with Crippen LogP contribution >= 0.6 is 27.3 Å². The van der Waals surface area contributed by atoms with Crippen molar-refractivity contribution < 1.29 is 0 Å². The molecule has 0 unspecified atom stereocenters. The quantitative estimate of drug-likeness (QED) is 0.796. The zero-order chi connectivity index (χ0) is 13.2. The highest BCUT2D eigenvalue weighted by Gasteiger charge is 2.07. The van der Waals surface area contributed by atoms with Crippen LogP contribution < -0.4 is 5.32 Å². The molecule has 0 aliphatic rings. The van der Waals surface area contributed by atoms with E-state index in [-0.39, 0.29) is 0 Å². The fourth-order valence-corrected chi connectivity index (χ4v) is 2.73. The summed E-state index contributed by atoms with van der Waals surface area (Å²) in [6, 6.07) is 3.69. The molecule has 0 aliphatic carbocycles. The van der Waals surface area contributed by atoms with Gasteiger partial charge in [0, 0.05) is 30.9 Å². The number of nitrogens with zero attached hydrogens (tertiary/aromatic N) is 5. The minimum atomic E-state index is 0.502. The fraction of sp³-hybridized carbons (Fsp3) is 0.0909. The minimum absolute atomic E-state index is 0.502. The molecule has 3 heterocycles. The number of aryl methyl sites for hydroxylation is 1. The first-order valence-corrected chi connectivity index (χ1v) is 7.09. The molecular formula is C11H9BrN6S. The van der Waals surface area contributed by atoms with Crippen LogP contribution in [0.5, 0.6) is 0 Å². The second-order valence-electron chi connectivity index (χ2n) is 3.74. The van der Waals surface area contributed by atoms with Crippen molar-refractivity contribution in [1.82, 2.24) is 24.7 Å². The predicted molar refractivity (Wildman–Crippen MR) is 77.3 cm³/mol. The monoisotopic (exact) mass is 336 g/mol. The summed E-state index contributed by atoms with van der Waals surface area (Å²) >= 11 is 4.86. The van der Waals surface area contributed by atoms with Crippen molar-refractivity contribution >= 4 is 39.0 Å². The van der Waals surface area contributed by atoms with E-state index in [1.54, 1.807) is 10.9 Å². The molecule has 1 N–H and O–H groups in total. The zero-order valence-electron chi connectivity index (χ0n) is 9.91. The number of hydrogen-bond donors (Lipinski definition) is 1. The Balaban J connectivity index is 1.87. The van der Waals surface area contributed by atoms with Gasteiger partial charge in [0.15, 0.2) is 5.82 Å². The number of hydrogen-bond acceptors (Lipinski definition) is 6. The van der Waals surface area contributed by atoms with E-state index >= 15 is 0 Å². The van der Waals surface area contributed by atoms with Crippen LogP contribution in [0.15, 0.2) is 34.5 Å². The molecule has 0 amide bonds. The number of rotatable bonds is 3. The van der Waals surface area contributed by atoms with Crippen molar-refractivity contribution in [3.05, 3.63) is 34.5 Å². The van der Waals surface area contributed by atoms with Crippen LogP contribution in [0.4, 0.5) is 11.8 Å². The molecule has 0 aromatic carbocycles. The molecule has 6 nitrogen and oxygen atoms in total. The molecule has 3 aromatic heterocycles. The molecule has 3 rings (SSSR count). The van der Waals surface area contributed by atoms with Crippen LogP contribution in [0, 0.1) is 0 Å². The van der Waals surface area contributed by atoms with Crippen LogP contribution in [0.3, 0.4) is 0 Å². The number of nitrogens with one attached hydrogen (secondary N) is 1. The molecule has 0 bridgehead atoms. The van der Waals surface area contributed by atoms with Gasteiger partial charge in [0.25, 0.3) is 0 Å². The van der Waals surface area contributed by atoms with E-state index in [9.17, 15) is 0 Å². The minimum Gasteiger partial charge on any atom is -0.307 e. The molecule has 0 saturated heterocycles. The van der Waals surface area contributed by atoms with Crippen LogP contribution in [0.2, 0.25) is 0 Å². The van der Waals surface area contributed by atoms with Gasteiger partial charge in [-0.15, -0.1) is 11.3 Å². The normalized spacial score (nSPS) is 10.6. The lowest BCUT2D eigenvalue weighted by atomic mass is 10.4. The summed E-state index contributed by atoms with van der Waals surface area (Å²) in [6.07, 6.45) is 3.55. The maximum atomic E-state index is 4.42. The van der Waals surface area contributed by atoms with Gasteiger partial charge in [-0.2, -0.15) is 5.10 Å². The SMILES string of the molecule is Cn1ccc(Nc2nccc(-c3nc(Br)cs3)n2)n1. The summed E-state index contributed by atoms with van der Waals surface area (Å²) in [5, 5.41) is 10.0. The lowest BCUT2D eigenvalue weighted by Gasteiger charge is -2.02. The lowest BCUT2D eigenvalue weighted by Crippen LogP contribution is -1.99. The van der Waals surface area contributed by atoms with Crippen LogP contribution in [0.25, 0.3) is 10.7 Å². The molecule has 8 heteroatoms. The molecule has 96 valence electrons. The molecule has 0 fully saturated rings. The summed E-state index contributed by atoms with van der Waals surface area (Å²) in [5.41, 5.74) is 0.782. The van der Waals surface area contributed by atoms with Crippen molar-refractivity contribution in [1.29, 1.82) is 0 Å². The standard InChI is InChI=1S/C11H9BrN6S/c1-18-5-3-9(17-18)16-11-13-4-2-7(14-11)10-15-8(12)6-19-10/h2-6H,1H3,(H,13,14,16,17). The third-order valence-electron chi connectivity index (χ3n) is 2.30. The van der Waals surface area contributed by atoms with Gasteiger partial charge in [0.1, 0.15) is 15.3 Å². The highest BCUT2D eigenvalue weighted by molar-refractivity contribution is 9.10. The first kappa shape index (κ1) is 12.2. The number of aromatic nitrogens is 5. The van der Waals surface area contributed by atoms with Crippen molar-refractivity contribution in [2.75, 3.05) is 5.32 Å². The van der Waals surface area contributed by atoms with Crippen molar-refractivity contribution in [2.45, 2.75) is 0 Å². The van der Waals surface area contributed by atoms with Gasteiger partial charge in [-0.1, -0.05) is 0 Å². The van der Waals surface area contributed by atoms with E-state index in [2.05, 4.69) is 41.3 Å². The van der Waals surface area contributed by atoms with E-state index < -0.39 is 0 Å². The maximum Gasteiger partial charge on any atom is 0.229 e. The first-order chi connectivity index (χ1) is 9.20. The largest absolute Gasteiger partial charge is 0.307 e. The Labute approximate surface area is 121 Å². The smallest absolute Gasteiger partial charge is 0.229 e. The predicted octanol–water partition coefficient (Wildman–Crippen LogP) is 2.84. The second-order valence-corrected chi connectivity index (χ2v) is 5.41. The van der Waals surface area contributed by atoms with Crippen LogP contribution in [0.1, 0.15) is 0 Å². The van der Waals surface area contributed by atoms with Gasteiger partial charge < -0.3 is 5.32 Å². The maximum absolute atomic E-state index is 4.42. The third-order valence-corrected chi connectivity index (χ3v) is 3.88. The van der Waals surface area contributed by atoms with Crippen LogP contribution in [-0.4, -0.2) is 24.7 Å². The van der Waals surface area contributed by atoms with E-state index in [1.807, 2.05) is 30.8 Å². The molecular weight excluding hydrogens is 328 g/mol. The van der Waals surface area contributed by atoms with Gasteiger partial charge in [0.05, 0.1) is 0 Å². The lowest BCUT2D eigenvalue weighted by molar-refractivity contribution is 0.771. The van der Waals surface area contributed by atoms with E-state index in [4.69, 9.17) is 0 Å². The summed E-state index contributed by atoms with van der Waals surface area (Å²) < 4.78 is 2.52. The molecule has 0 radical (unpaired) electrons. The van der Waals surface area contributed by atoms with Crippen molar-refractivity contribution in [2.24, 2.45) is 7.05 Å². The molecule has 0 spiro atoms. The topological polar surface area (TPSA) is 68.5 Å². The van der Waals surface area contributed by atoms with Crippen molar-refractivity contribution in [3.63, 3.8) is 0 Å². The Morgan fingerprint density at radius 3 is 2.89 bits per heavy atom. The number of thiazole rings is 1. The number of halogens is 1. The van der Waals surface area contributed by atoms with Gasteiger partial charge in [0.2, 0.25) is 5.95 Å². The average molecular weight is 337 g/mol. The van der Waals surface area contributed by atoms with Crippen molar-refractivity contribution in [3.8, 4) is 10.7 Å². The van der Waals surface area contributed by atoms with E-state index in [0.29, 0.717) is 11.8 Å². The third kappa shape index (κ3) is 2.79. The van der Waals surface area contributed by atoms with Gasteiger partial charge in [-0.25, -0.2) is 15.0 Å². The summed E-state index contributed by atoms with van der Waals surface area (Å²) in [6.45, 7) is 0. The molecule has 0 atom stereocenters. The van der Waals surface area contributed by atoms with Gasteiger partial charge in [-0.05, 0) is 22.0 Å². The summed E-state index contributed by atoms with van der Waals surface area (Å²) in [4.78, 5) is 12.9. The van der Waals surface area contributed by atoms with E-state index in [0.717, 1.165) is 15.3 Å². The van der Waals surface area contributed by atoms with Gasteiger partial charge >= 0.3 is 0 Å². The summed E-state index contributed by atoms with van der Waals surface area (Å²) in [5.74, 6) is 1.21. The van der Waals surface area contributed by atoms with Gasteiger partial charge in [-0.3, -0.25) is 4.68 Å². The fourth-order valence-electron chi connectivity index (χ4n) is 1.51. The first-order valence-electron chi connectivity index (χ1n) is 5.42. The molecule has 0 saturated carbocycles. The van der Waals surface area contributed by atoms with Crippen LogP contribution in [-0.2, 0) is 7.05 Å².